The number of hydrogen-bond donors (Lipinski definition) is 1. The van der Waals surface area contributed by atoms with Gasteiger partial charge in [-0.2, -0.15) is 0 Å². The maximum Gasteiger partial charge on any atom is 0.248 e. The highest BCUT2D eigenvalue weighted by molar-refractivity contribution is 5.02. The monoisotopic (exact) mass is 245 g/mol. The van der Waals surface area contributed by atoms with Crippen LogP contribution < -0.4 is 0 Å². The highest BCUT2D eigenvalue weighted by Crippen LogP contribution is 2.41. The topological polar surface area (TPSA) is 50.9 Å². The van der Waals surface area contributed by atoms with Crippen LogP contribution in [0.2, 0.25) is 0 Å². The Kier molecular flexibility index (Phi) is 3.42. The molecule has 17 heavy (non-hydrogen) atoms. The van der Waals surface area contributed by atoms with E-state index in [1.165, 1.54) is 6.20 Å². The van der Waals surface area contributed by atoms with E-state index in [1.807, 2.05) is 6.92 Å². The number of hydrogen-bond acceptors (Lipinski definition) is 3. The summed E-state index contributed by atoms with van der Waals surface area (Å²) in [6.07, 6.45) is 1.21. The molecule has 0 aliphatic heterocycles. The zero-order valence-corrected chi connectivity index (χ0v) is 9.81. The van der Waals surface area contributed by atoms with Gasteiger partial charge in [-0.1, -0.05) is 5.21 Å². The molecule has 1 aromatic rings. The lowest BCUT2D eigenvalue weighted by Gasteiger charge is -2.31. The molecule has 2 rings (SSSR count). The van der Waals surface area contributed by atoms with Gasteiger partial charge in [0.2, 0.25) is 5.92 Å². The van der Waals surface area contributed by atoms with E-state index >= 15 is 0 Å². The molecule has 0 amide bonds. The summed E-state index contributed by atoms with van der Waals surface area (Å²) in [5, 5.41) is 17.8. The molecule has 6 heteroatoms. The molecule has 0 bridgehead atoms. The molecule has 1 saturated carbocycles. The largest absolute Gasteiger partial charge is 0.386 e. The third-order valence-corrected chi connectivity index (χ3v) is 3.46. The van der Waals surface area contributed by atoms with Crippen molar-refractivity contribution in [2.24, 2.45) is 5.92 Å². The van der Waals surface area contributed by atoms with Crippen molar-refractivity contribution in [2.45, 2.75) is 51.2 Å². The Hall–Kier alpha value is -1.04. The second-order valence-corrected chi connectivity index (χ2v) is 4.61. The van der Waals surface area contributed by atoms with Gasteiger partial charge in [-0.05, 0) is 25.7 Å². The predicted octanol–water partition coefficient (Wildman–Crippen LogP) is 2.16. The SMILES string of the molecule is CCn1nncc1C(O)C1CCC(F)(F)CC1. The summed E-state index contributed by atoms with van der Waals surface area (Å²) in [7, 11) is 0. The molecular weight excluding hydrogens is 228 g/mol. The number of halogens is 2. The van der Waals surface area contributed by atoms with Gasteiger partial charge in [-0.3, -0.25) is 0 Å². The lowest BCUT2D eigenvalue weighted by Crippen LogP contribution is -2.28. The Morgan fingerprint density at radius 1 is 1.53 bits per heavy atom. The Bertz CT molecular complexity index is 371. The van der Waals surface area contributed by atoms with Gasteiger partial charge in [0.1, 0.15) is 6.10 Å². The fraction of sp³-hybridized carbons (Fsp3) is 0.818. The van der Waals surface area contributed by atoms with Crippen LogP contribution in [0.1, 0.15) is 44.4 Å². The van der Waals surface area contributed by atoms with Gasteiger partial charge in [0, 0.05) is 19.4 Å². The minimum Gasteiger partial charge on any atom is -0.386 e. The summed E-state index contributed by atoms with van der Waals surface area (Å²) >= 11 is 0. The van der Waals surface area contributed by atoms with E-state index < -0.39 is 12.0 Å². The van der Waals surface area contributed by atoms with Crippen molar-refractivity contribution in [1.29, 1.82) is 0 Å². The lowest BCUT2D eigenvalue weighted by molar-refractivity contribution is -0.0636. The van der Waals surface area contributed by atoms with Crippen LogP contribution in [-0.2, 0) is 6.54 Å². The summed E-state index contributed by atoms with van der Waals surface area (Å²) in [4.78, 5) is 0. The van der Waals surface area contributed by atoms with Crippen LogP contribution in [0, 0.1) is 5.92 Å². The molecule has 4 nitrogen and oxygen atoms in total. The van der Waals surface area contributed by atoms with Gasteiger partial charge >= 0.3 is 0 Å². The fourth-order valence-corrected chi connectivity index (χ4v) is 2.36. The number of rotatable bonds is 3. The molecule has 1 aliphatic rings. The van der Waals surface area contributed by atoms with Crippen molar-refractivity contribution >= 4 is 0 Å². The average Bonchev–Trinajstić information content (AvgIpc) is 2.76. The van der Waals surface area contributed by atoms with E-state index in [0.717, 1.165) is 0 Å². The molecule has 1 atom stereocenters. The van der Waals surface area contributed by atoms with E-state index in [-0.39, 0.29) is 18.8 Å². The fourth-order valence-electron chi connectivity index (χ4n) is 2.36. The molecule has 1 N–H and O–H groups in total. The van der Waals surface area contributed by atoms with E-state index in [9.17, 15) is 13.9 Å². The molecule has 0 spiro atoms. The first-order valence-corrected chi connectivity index (χ1v) is 5.98. The first-order chi connectivity index (χ1) is 8.03. The summed E-state index contributed by atoms with van der Waals surface area (Å²) in [5.74, 6) is -2.67. The smallest absolute Gasteiger partial charge is 0.248 e. The summed E-state index contributed by atoms with van der Waals surface area (Å²) in [5.41, 5.74) is 0.628. The van der Waals surface area contributed by atoms with Crippen LogP contribution in [0.5, 0.6) is 0 Å². The predicted molar refractivity (Wildman–Crippen MR) is 57.6 cm³/mol. The zero-order chi connectivity index (χ0) is 12.5. The van der Waals surface area contributed by atoms with Crippen LogP contribution in [0.4, 0.5) is 8.78 Å². The highest BCUT2D eigenvalue weighted by Gasteiger charge is 2.38. The van der Waals surface area contributed by atoms with Crippen LogP contribution in [0.15, 0.2) is 6.20 Å². The molecule has 1 unspecified atom stereocenters. The average molecular weight is 245 g/mol. The quantitative estimate of drug-likeness (QED) is 0.887. The maximum atomic E-state index is 13.0. The molecule has 1 aliphatic carbocycles. The normalized spacial score (nSPS) is 22.6. The number of aryl methyl sites for hydroxylation is 1. The second kappa shape index (κ2) is 4.68. The van der Waals surface area contributed by atoms with E-state index in [2.05, 4.69) is 10.3 Å². The summed E-state index contributed by atoms with van der Waals surface area (Å²) in [6.45, 7) is 2.52. The van der Waals surface area contributed by atoms with Gasteiger partial charge in [-0.25, -0.2) is 13.5 Å². The number of aliphatic hydroxyl groups is 1. The molecule has 1 fully saturated rings. The van der Waals surface area contributed by atoms with Gasteiger partial charge in [0.15, 0.2) is 0 Å². The summed E-state index contributed by atoms with van der Waals surface area (Å²) < 4.78 is 27.6. The van der Waals surface area contributed by atoms with Crippen LogP contribution >= 0.6 is 0 Å². The van der Waals surface area contributed by atoms with Crippen molar-refractivity contribution < 1.29 is 13.9 Å². The minimum atomic E-state index is -2.56. The van der Waals surface area contributed by atoms with Gasteiger partial charge in [-0.15, -0.1) is 5.10 Å². The number of nitrogens with zero attached hydrogens (tertiary/aromatic N) is 3. The standard InChI is InChI=1S/C11H17F2N3O/c1-2-16-9(7-14-15-16)10(17)8-3-5-11(12,13)6-4-8/h7-8,10,17H,2-6H2,1H3. The van der Waals surface area contributed by atoms with Crippen molar-refractivity contribution in [1.82, 2.24) is 15.0 Å². The highest BCUT2D eigenvalue weighted by atomic mass is 19.3. The Morgan fingerprint density at radius 3 is 2.76 bits per heavy atom. The van der Waals surface area contributed by atoms with Crippen molar-refractivity contribution in [3.63, 3.8) is 0 Å². The van der Waals surface area contributed by atoms with Gasteiger partial charge < -0.3 is 5.11 Å². The Labute approximate surface area is 98.6 Å². The maximum absolute atomic E-state index is 13.0. The van der Waals surface area contributed by atoms with Crippen molar-refractivity contribution in [3.05, 3.63) is 11.9 Å². The zero-order valence-electron chi connectivity index (χ0n) is 9.81. The van der Waals surface area contributed by atoms with Gasteiger partial charge in [0.25, 0.3) is 0 Å². The second-order valence-electron chi connectivity index (χ2n) is 4.61. The Morgan fingerprint density at radius 2 is 2.18 bits per heavy atom. The first kappa shape index (κ1) is 12.4. The molecule has 1 heterocycles. The minimum absolute atomic E-state index is 0.113. The lowest BCUT2D eigenvalue weighted by atomic mass is 9.82. The third-order valence-electron chi connectivity index (χ3n) is 3.46. The first-order valence-electron chi connectivity index (χ1n) is 5.98. The van der Waals surface area contributed by atoms with E-state index in [4.69, 9.17) is 0 Å². The van der Waals surface area contributed by atoms with E-state index in [0.29, 0.717) is 25.1 Å². The molecular formula is C11H17F2N3O. The van der Waals surface area contributed by atoms with Crippen LogP contribution in [0.3, 0.4) is 0 Å². The molecule has 0 saturated heterocycles. The summed E-state index contributed by atoms with van der Waals surface area (Å²) in [6, 6.07) is 0. The number of aliphatic hydroxyl groups excluding tert-OH is 1. The van der Waals surface area contributed by atoms with Crippen LogP contribution in [-0.4, -0.2) is 26.0 Å². The van der Waals surface area contributed by atoms with Crippen LogP contribution in [0.25, 0.3) is 0 Å². The van der Waals surface area contributed by atoms with E-state index in [1.54, 1.807) is 4.68 Å². The number of aromatic nitrogens is 3. The number of alkyl halides is 2. The molecule has 1 aromatic heterocycles. The van der Waals surface area contributed by atoms with Crippen molar-refractivity contribution in [2.75, 3.05) is 0 Å². The Balaban J connectivity index is 2.04. The molecule has 0 aromatic carbocycles. The molecule has 0 radical (unpaired) electrons. The third kappa shape index (κ3) is 2.62. The molecule has 96 valence electrons. The van der Waals surface area contributed by atoms with Crippen molar-refractivity contribution in [3.8, 4) is 0 Å². The van der Waals surface area contributed by atoms with Gasteiger partial charge in [0.05, 0.1) is 11.9 Å².